The van der Waals surface area contributed by atoms with E-state index in [0.717, 1.165) is 11.1 Å². The van der Waals surface area contributed by atoms with E-state index in [1.807, 2.05) is 66.7 Å². The van der Waals surface area contributed by atoms with Gasteiger partial charge in [0.1, 0.15) is 6.10 Å². The van der Waals surface area contributed by atoms with Crippen molar-refractivity contribution in [2.24, 2.45) is 5.92 Å². The highest BCUT2D eigenvalue weighted by Gasteiger charge is 2.31. The van der Waals surface area contributed by atoms with Crippen LogP contribution in [-0.2, 0) is 16.1 Å². The van der Waals surface area contributed by atoms with Gasteiger partial charge < -0.3 is 14.6 Å². The minimum Gasteiger partial charge on any atom is -0.495 e. The number of benzene rings is 2. The van der Waals surface area contributed by atoms with Gasteiger partial charge in [-0.15, -0.1) is 0 Å². The molecule has 1 heterocycles. The first-order valence-electron chi connectivity index (χ1n) is 7.51. The zero-order valence-electron chi connectivity index (χ0n) is 12.3. The first-order valence-corrected chi connectivity index (χ1v) is 7.51. The minimum atomic E-state index is -0.578. The molecule has 0 aliphatic carbocycles. The van der Waals surface area contributed by atoms with Crippen LogP contribution in [0, 0.1) is 5.92 Å². The second kappa shape index (κ2) is 7.25. The van der Waals surface area contributed by atoms with Crippen molar-refractivity contribution in [1.82, 2.24) is 0 Å². The number of hydrogen-bond acceptors (Lipinski definition) is 3. The molecule has 3 rings (SSSR count). The summed E-state index contributed by atoms with van der Waals surface area (Å²) < 4.78 is 11.3. The molecule has 0 amide bonds. The molecule has 0 unspecified atom stereocenters. The Balaban J connectivity index is 1.55. The lowest BCUT2D eigenvalue weighted by molar-refractivity contribution is -0.0177. The Morgan fingerprint density at radius 1 is 1.00 bits per heavy atom. The van der Waals surface area contributed by atoms with Crippen molar-refractivity contribution in [3.8, 4) is 0 Å². The molecule has 2 aromatic rings. The maximum atomic E-state index is 10.5. The van der Waals surface area contributed by atoms with E-state index in [1.165, 1.54) is 0 Å². The molecule has 0 saturated carbocycles. The lowest BCUT2D eigenvalue weighted by Gasteiger charge is -2.23. The Labute approximate surface area is 130 Å². The Morgan fingerprint density at radius 2 is 1.68 bits per heavy atom. The fourth-order valence-corrected chi connectivity index (χ4v) is 2.65. The average molecular weight is 296 g/mol. The SMILES string of the molecule is O[C@H](c1ccccc1)[C@H]1C=CO[C@@H]1COCc1ccccc1. The van der Waals surface area contributed by atoms with Gasteiger partial charge in [0.05, 0.1) is 25.6 Å². The number of ether oxygens (including phenoxy) is 2. The monoisotopic (exact) mass is 296 g/mol. The van der Waals surface area contributed by atoms with Gasteiger partial charge in [-0.05, 0) is 17.2 Å². The molecule has 3 nitrogen and oxygen atoms in total. The second-order valence-corrected chi connectivity index (χ2v) is 5.44. The molecular weight excluding hydrogens is 276 g/mol. The molecule has 0 aromatic heterocycles. The summed E-state index contributed by atoms with van der Waals surface area (Å²) in [4.78, 5) is 0. The van der Waals surface area contributed by atoms with Crippen molar-refractivity contribution >= 4 is 0 Å². The predicted octanol–water partition coefficient (Wildman–Crippen LogP) is 3.47. The summed E-state index contributed by atoms with van der Waals surface area (Å²) in [6.07, 6.45) is 2.84. The molecule has 0 spiro atoms. The topological polar surface area (TPSA) is 38.7 Å². The Morgan fingerprint density at radius 3 is 2.41 bits per heavy atom. The normalized spacial score (nSPS) is 21.5. The Bertz CT molecular complexity index is 595. The molecule has 0 bridgehead atoms. The van der Waals surface area contributed by atoms with Crippen LogP contribution >= 0.6 is 0 Å². The van der Waals surface area contributed by atoms with Crippen LogP contribution in [0.4, 0.5) is 0 Å². The summed E-state index contributed by atoms with van der Waals surface area (Å²) in [5, 5.41) is 10.5. The van der Waals surface area contributed by atoms with Crippen LogP contribution in [-0.4, -0.2) is 17.8 Å². The van der Waals surface area contributed by atoms with Crippen molar-refractivity contribution in [2.75, 3.05) is 6.61 Å². The molecule has 3 heteroatoms. The zero-order chi connectivity index (χ0) is 15.2. The van der Waals surface area contributed by atoms with Crippen LogP contribution in [0.15, 0.2) is 73.0 Å². The number of aliphatic hydroxyl groups is 1. The molecule has 1 N–H and O–H groups in total. The van der Waals surface area contributed by atoms with Gasteiger partial charge in [0, 0.05) is 5.92 Å². The lowest BCUT2D eigenvalue weighted by Crippen LogP contribution is -2.27. The molecule has 114 valence electrons. The van der Waals surface area contributed by atoms with Crippen LogP contribution in [0.2, 0.25) is 0 Å². The maximum absolute atomic E-state index is 10.5. The van der Waals surface area contributed by atoms with Crippen LogP contribution in [0.25, 0.3) is 0 Å². The van der Waals surface area contributed by atoms with Crippen LogP contribution in [0.3, 0.4) is 0 Å². The highest BCUT2D eigenvalue weighted by molar-refractivity contribution is 5.20. The molecule has 22 heavy (non-hydrogen) atoms. The molecule has 2 aromatic carbocycles. The molecular formula is C19H20O3. The van der Waals surface area contributed by atoms with Gasteiger partial charge in [0.15, 0.2) is 0 Å². The largest absolute Gasteiger partial charge is 0.495 e. The third-order valence-electron chi connectivity index (χ3n) is 3.88. The third-order valence-corrected chi connectivity index (χ3v) is 3.88. The maximum Gasteiger partial charge on any atom is 0.130 e. The predicted molar refractivity (Wildman–Crippen MR) is 85.0 cm³/mol. The molecule has 1 aliphatic heterocycles. The number of rotatable bonds is 6. The Hall–Kier alpha value is -2.10. The van der Waals surface area contributed by atoms with E-state index in [-0.39, 0.29) is 12.0 Å². The first-order chi connectivity index (χ1) is 10.8. The van der Waals surface area contributed by atoms with Crippen molar-refractivity contribution < 1.29 is 14.6 Å². The number of aliphatic hydroxyl groups excluding tert-OH is 1. The smallest absolute Gasteiger partial charge is 0.130 e. The van der Waals surface area contributed by atoms with E-state index in [0.29, 0.717) is 13.2 Å². The van der Waals surface area contributed by atoms with Gasteiger partial charge in [0.2, 0.25) is 0 Å². The van der Waals surface area contributed by atoms with E-state index in [1.54, 1.807) is 6.26 Å². The van der Waals surface area contributed by atoms with Gasteiger partial charge in [0.25, 0.3) is 0 Å². The van der Waals surface area contributed by atoms with E-state index in [2.05, 4.69) is 0 Å². The fraction of sp³-hybridized carbons (Fsp3) is 0.263. The van der Waals surface area contributed by atoms with Gasteiger partial charge in [-0.2, -0.15) is 0 Å². The second-order valence-electron chi connectivity index (χ2n) is 5.44. The molecule has 0 radical (unpaired) electrons. The van der Waals surface area contributed by atoms with Gasteiger partial charge in [-0.3, -0.25) is 0 Å². The summed E-state index contributed by atoms with van der Waals surface area (Å²) in [6, 6.07) is 19.7. The van der Waals surface area contributed by atoms with Crippen molar-refractivity contribution in [2.45, 2.75) is 18.8 Å². The van der Waals surface area contributed by atoms with E-state index >= 15 is 0 Å². The van der Waals surface area contributed by atoms with Crippen molar-refractivity contribution in [1.29, 1.82) is 0 Å². The number of hydrogen-bond donors (Lipinski definition) is 1. The van der Waals surface area contributed by atoms with E-state index in [4.69, 9.17) is 9.47 Å². The van der Waals surface area contributed by atoms with Crippen LogP contribution in [0.1, 0.15) is 17.2 Å². The molecule has 1 aliphatic rings. The minimum absolute atomic E-state index is 0.0850. The molecule has 3 atom stereocenters. The lowest BCUT2D eigenvalue weighted by atomic mass is 9.92. The zero-order valence-corrected chi connectivity index (χ0v) is 12.3. The van der Waals surface area contributed by atoms with Gasteiger partial charge >= 0.3 is 0 Å². The standard InChI is InChI=1S/C19H20O3/c20-19(16-9-5-2-6-10-16)17-11-12-22-18(17)14-21-13-15-7-3-1-4-8-15/h1-12,17-20H,13-14H2/t17-,18+,19+/m0/s1. The van der Waals surface area contributed by atoms with Crippen molar-refractivity contribution in [3.05, 3.63) is 84.1 Å². The molecule has 0 fully saturated rings. The third kappa shape index (κ3) is 3.56. The van der Waals surface area contributed by atoms with Crippen LogP contribution < -0.4 is 0 Å². The van der Waals surface area contributed by atoms with Crippen LogP contribution in [0.5, 0.6) is 0 Å². The Kier molecular flexibility index (Phi) is 4.88. The summed E-state index contributed by atoms with van der Waals surface area (Å²) in [6.45, 7) is 1.01. The van der Waals surface area contributed by atoms with Gasteiger partial charge in [-0.25, -0.2) is 0 Å². The van der Waals surface area contributed by atoms with Crippen molar-refractivity contribution in [3.63, 3.8) is 0 Å². The van der Waals surface area contributed by atoms with Gasteiger partial charge in [-0.1, -0.05) is 60.7 Å². The van der Waals surface area contributed by atoms with E-state index < -0.39 is 6.10 Å². The quantitative estimate of drug-likeness (QED) is 0.887. The fourth-order valence-electron chi connectivity index (χ4n) is 2.65. The summed E-state index contributed by atoms with van der Waals surface area (Å²) in [5.41, 5.74) is 2.03. The van der Waals surface area contributed by atoms with E-state index in [9.17, 15) is 5.11 Å². The highest BCUT2D eigenvalue weighted by Crippen LogP contribution is 2.31. The summed E-state index contributed by atoms with van der Waals surface area (Å²) in [7, 11) is 0. The first kappa shape index (κ1) is 14.8. The average Bonchev–Trinajstić information content (AvgIpc) is 3.04. The summed E-state index contributed by atoms with van der Waals surface area (Å²) >= 11 is 0. The summed E-state index contributed by atoms with van der Waals surface area (Å²) in [5.74, 6) is -0.0850. The molecule has 0 saturated heterocycles. The highest BCUT2D eigenvalue weighted by atomic mass is 16.5.